The summed E-state index contributed by atoms with van der Waals surface area (Å²) in [6, 6.07) is 4.23. The summed E-state index contributed by atoms with van der Waals surface area (Å²) in [6.07, 6.45) is 0. The first-order valence-corrected chi connectivity index (χ1v) is 6.49. The van der Waals surface area contributed by atoms with Crippen molar-refractivity contribution in [3.05, 3.63) is 46.7 Å². The molecule has 3 rings (SSSR count). The summed E-state index contributed by atoms with van der Waals surface area (Å²) < 4.78 is 18.6. The van der Waals surface area contributed by atoms with Crippen molar-refractivity contribution in [1.29, 1.82) is 0 Å². The second-order valence-corrected chi connectivity index (χ2v) is 4.93. The van der Waals surface area contributed by atoms with E-state index in [1.807, 2.05) is 13.8 Å². The van der Waals surface area contributed by atoms with E-state index in [1.54, 1.807) is 13.0 Å². The van der Waals surface area contributed by atoms with Crippen LogP contribution in [0.4, 0.5) is 10.2 Å². The number of benzene rings is 1. The number of halogens is 1. The third kappa shape index (κ3) is 2.18. The van der Waals surface area contributed by atoms with E-state index in [9.17, 15) is 9.18 Å². The minimum atomic E-state index is -0.360. The first kappa shape index (κ1) is 13.4. The van der Waals surface area contributed by atoms with Crippen LogP contribution < -0.4 is 5.32 Å². The van der Waals surface area contributed by atoms with Crippen LogP contribution in [0.1, 0.15) is 27.4 Å². The number of carbonyl (C=O) groups excluding carboxylic acids is 1. The molecule has 0 fully saturated rings. The van der Waals surface area contributed by atoms with E-state index >= 15 is 0 Å². The summed E-state index contributed by atoms with van der Waals surface area (Å²) in [7, 11) is 0. The molecule has 1 aromatic carbocycles. The summed E-state index contributed by atoms with van der Waals surface area (Å²) >= 11 is 0. The Morgan fingerprint density at radius 3 is 2.71 bits per heavy atom. The van der Waals surface area contributed by atoms with Gasteiger partial charge >= 0.3 is 0 Å². The normalized spacial score (nSPS) is 11.0. The number of H-pyrrole nitrogens is 1. The molecule has 0 spiro atoms. The van der Waals surface area contributed by atoms with Crippen molar-refractivity contribution in [3.63, 3.8) is 0 Å². The maximum atomic E-state index is 13.1. The molecule has 108 valence electrons. The van der Waals surface area contributed by atoms with Crippen LogP contribution in [0.25, 0.3) is 10.9 Å². The van der Waals surface area contributed by atoms with Gasteiger partial charge in [0.2, 0.25) is 0 Å². The molecule has 21 heavy (non-hydrogen) atoms. The zero-order chi connectivity index (χ0) is 15.1. The number of fused-ring (bicyclic) bond motifs is 1. The number of anilines is 1. The smallest absolute Gasteiger partial charge is 0.260 e. The van der Waals surface area contributed by atoms with Gasteiger partial charge in [0.25, 0.3) is 5.91 Å². The van der Waals surface area contributed by atoms with Gasteiger partial charge in [-0.2, -0.15) is 5.10 Å². The van der Waals surface area contributed by atoms with Crippen LogP contribution in [0.3, 0.4) is 0 Å². The van der Waals surface area contributed by atoms with Crippen molar-refractivity contribution >= 4 is 22.6 Å². The lowest BCUT2D eigenvalue weighted by molar-refractivity contribution is 0.102. The largest absolute Gasteiger partial charge is 0.466 e. The van der Waals surface area contributed by atoms with Crippen molar-refractivity contribution in [2.75, 3.05) is 5.32 Å². The molecule has 0 atom stereocenters. The number of aryl methyl sites for hydroxylation is 2. The summed E-state index contributed by atoms with van der Waals surface area (Å²) in [5.41, 5.74) is 1.84. The Hall–Kier alpha value is -2.63. The van der Waals surface area contributed by atoms with Crippen LogP contribution >= 0.6 is 0 Å². The van der Waals surface area contributed by atoms with Crippen molar-refractivity contribution in [3.8, 4) is 0 Å². The lowest BCUT2D eigenvalue weighted by Gasteiger charge is -2.02. The molecule has 1 amide bonds. The predicted octanol–water partition coefficient (Wildman–Crippen LogP) is 3.47. The van der Waals surface area contributed by atoms with E-state index in [4.69, 9.17) is 4.42 Å². The predicted molar refractivity (Wildman–Crippen MR) is 76.9 cm³/mol. The first-order valence-electron chi connectivity index (χ1n) is 6.49. The molecule has 0 saturated carbocycles. The molecular weight excluding hydrogens is 273 g/mol. The molecular formula is C15H14FN3O2. The topological polar surface area (TPSA) is 70.9 Å². The van der Waals surface area contributed by atoms with Gasteiger partial charge < -0.3 is 9.73 Å². The number of amides is 1. The van der Waals surface area contributed by atoms with Crippen molar-refractivity contribution in [2.45, 2.75) is 20.8 Å². The molecule has 5 nitrogen and oxygen atoms in total. The van der Waals surface area contributed by atoms with Crippen molar-refractivity contribution in [2.24, 2.45) is 0 Å². The summed E-state index contributed by atoms with van der Waals surface area (Å²) in [5.74, 6) is 0.994. The molecule has 2 aromatic heterocycles. The number of aromatic amines is 1. The minimum Gasteiger partial charge on any atom is -0.466 e. The second-order valence-electron chi connectivity index (χ2n) is 4.93. The Morgan fingerprint density at radius 1 is 1.29 bits per heavy atom. The highest BCUT2D eigenvalue weighted by Crippen LogP contribution is 2.24. The molecule has 0 radical (unpaired) electrons. The van der Waals surface area contributed by atoms with Gasteiger partial charge in [0.1, 0.15) is 17.3 Å². The fourth-order valence-electron chi connectivity index (χ4n) is 2.38. The minimum absolute atomic E-state index is 0.292. The van der Waals surface area contributed by atoms with Gasteiger partial charge in [0, 0.05) is 10.9 Å². The van der Waals surface area contributed by atoms with E-state index in [2.05, 4.69) is 15.5 Å². The lowest BCUT2D eigenvalue weighted by Crippen LogP contribution is -2.14. The Morgan fingerprint density at radius 2 is 2.05 bits per heavy atom. The number of hydrogen-bond donors (Lipinski definition) is 2. The molecule has 2 N–H and O–H groups in total. The van der Waals surface area contributed by atoms with Gasteiger partial charge in [-0.25, -0.2) is 4.39 Å². The number of hydrogen-bond acceptors (Lipinski definition) is 3. The highest BCUT2D eigenvalue weighted by Gasteiger charge is 2.20. The van der Waals surface area contributed by atoms with Gasteiger partial charge in [-0.3, -0.25) is 9.89 Å². The third-order valence-electron chi connectivity index (χ3n) is 3.55. The van der Waals surface area contributed by atoms with E-state index in [1.165, 1.54) is 12.1 Å². The molecule has 3 aromatic rings. The van der Waals surface area contributed by atoms with Gasteiger partial charge in [-0.1, -0.05) is 0 Å². The van der Waals surface area contributed by atoms with E-state index in [-0.39, 0.29) is 11.7 Å². The summed E-state index contributed by atoms with van der Waals surface area (Å²) in [4.78, 5) is 12.4. The van der Waals surface area contributed by atoms with Gasteiger partial charge in [-0.05, 0) is 39.0 Å². The molecule has 0 unspecified atom stereocenters. The van der Waals surface area contributed by atoms with Crippen LogP contribution in [-0.2, 0) is 0 Å². The van der Waals surface area contributed by atoms with Crippen LogP contribution in [0, 0.1) is 26.6 Å². The Kier molecular flexibility index (Phi) is 3.01. The average Bonchev–Trinajstić information content (AvgIpc) is 2.91. The third-order valence-corrected chi connectivity index (χ3v) is 3.55. The quantitative estimate of drug-likeness (QED) is 0.758. The van der Waals surface area contributed by atoms with Gasteiger partial charge in [0.15, 0.2) is 5.82 Å². The summed E-state index contributed by atoms with van der Waals surface area (Å²) in [6.45, 7) is 5.39. The number of nitrogens with zero attached hydrogens (tertiary/aromatic N) is 1. The lowest BCUT2D eigenvalue weighted by atomic mass is 10.1. The average molecular weight is 287 g/mol. The van der Waals surface area contributed by atoms with Crippen LogP contribution in [0.5, 0.6) is 0 Å². The fourth-order valence-corrected chi connectivity index (χ4v) is 2.38. The van der Waals surface area contributed by atoms with Gasteiger partial charge in [0.05, 0.1) is 11.1 Å². The standard InChI is InChI=1S/C15H14FN3O2/c1-7-8(2)21-9(3)13(7)15(20)17-14-11-5-4-10(16)6-12(11)18-19-14/h4-6H,1-3H3,(H2,17,18,19,20). The Balaban J connectivity index is 1.97. The first-order chi connectivity index (χ1) is 9.97. The Labute approximate surface area is 120 Å². The number of aromatic nitrogens is 2. The zero-order valence-electron chi connectivity index (χ0n) is 11.9. The highest BCUT2D eigenvalue weighted by molar-refractivity contribution is 6.09. The van der Waals surface area contributed by atoms with Crippen molar-refractivity contribution in [1.82, 2.24) is 10.2 Å². The van der Waals surface area contributed by atoms with E-state index in [0.717, 1.165) is 5.56 Å². The number of carbonyl (C=O) groups is 1. The summed E-state index contributed by atoms with van der Waals surface area (Å²) in [5, 5.41) is 10.1. The van der Waals surface area contributed by atoms with Crippen LogP contribution in [-0.4, -0.2) is 16.1 Å². The molecule has 0 aliphatic rings. The van der Waals surface area contributed by atoms with E-state index < -0.39 is 0 Å². The van der Waals surface area contributed by atoms with Crippen LogP contribution in [0.15, 0.2) is 22.6 Å². The molecule has 6 heteroatoms. The zero-order valence-corrected chi connectivity index (χ0v) is 11.9. The Bertz CT molecular complexity index is 848. The van der Waals surface area contributed by atoms with E-state index in [0.29, 0.717) is 33.8 Å². The maximum absolute atomic E-state index is 13.1. The second kappa shape index (κ2) is 4.73. The molecule has 0 aliphatic carbocycles. The monoisotopic (exact) mass is 287 g/mol. The molecule has 2 heterocycles. The van der Waals surface area contributed by atoms with Gasteiger partial charge in [-0.15, -0.1) is 0 Å². The number of nitrogens with one attached hydrogen (secondary N) is 2. The molecule has 0 bridgehead atoms. The number of rotatable bonds is 2. The number of furan rings is 1. The fraction of sp³-hybridized carbons (Fsp3) is 0.200. The van der Waals surface area contributed by atoms with Crippen LogP contribution in [0.2, 0.25) is 0 Å². The molecule has 0 saturated heterocycles. The highest BCUT2D eigenvalue weighted by atomic mass is 19.1. The SMILES string of the molecule is Cc1oc(C)c(C(=O)Nc2n[nH]c3cc(F)ccc23)c1C. The maximum Gasteiger partial charge on any atom is 0.260 e. The van der Waals surface area contributed by atoms with Crippen molar-refractivity contribution < 1.29 is 13.6 Å². The molecule has 0 aliphatic heterocycles.